The van der Waals surface area contributed by atoms with Crippen molar-refractivity contribution in [3.8, 4) is 0 Å². The molecule has 2 aliphatic rings. The van der Waals surface area contributed by atoms with Gasteiger partial charge in [-0.15, -0.1) is 0 Å². The molecule has 15 heteroatoms. The van der Waals surface area contributed by atoms with Gasteiger partial charge in [-0.05, 0) is 57.8 Å². The molecular formula is C53H98O15. The van der Waals surface area contributed by atoms with E-state index in [4.69, 9.17) is 28.4 Å². The zero-order valence-corrected chi connectivity index (χ0v) is 42.2. The van der Waals surface area contributed by atoms with Crippen LogP contribution in [-0.2, 0) is 33.2 Å². The molecule has 8 N–H and O–H groups in total. The van der Waals surface area contributed by atoms with Gasteiger partial charge in [0.15, 0.2) is 12.6 Å². The van der Waals surface area contributed by atoms with Gasteiger partial charge in [-0.1, -0.05) is 160 Å². The lowest BCUT2D eigenvalue weighted by Crippen LogP contribution is -2.62. The van der Waals surface area contributed by atoms with Crippen LogP contribution in [0, 0.1) is 0 Å². The second-order valence-corrected chi connectivity index (χ2v) is 19.2. The van der Waals surface area contributed by atoms with Crippen LogP contribution in [0.2, 0.25) is 0 Å². The van der Waals surface area contributed by atoms with Crippen molar-refractivity contribution in [1.29, 1.82) is 0 Å². The van der Waals surface area contributed by atoms with Crippen molar-refractivity contribution in [3.05, 3.63) is 24.3 Å². The molecule has 2 saturated heterocycles. The minimum atomic E-state index is -1.78. The summed E-state index contributed by atoms with van der Waals surface area (Å²) in [5.41, 5.74) is 0. The minimum Gasteiger partial charge on any atom is -0.463 e. The lowest BCUT2D eigenvalue weighted by Gasteiger charge is -2.43. The molecule has 0 aromatic heterocycles. The first kappa shape index (κ1) is 62.5. The van der Waals surface area contributed by atoms with E-state index in [2.05, 4.69) is 38.2 Å². The van der Waals surface area contributed by atoms with Gasteiger partial charge in [0.2, 0.25) is 0 Å². The molecule has 0 aromatic rings. The van der Waals surface area contributed by atoms with Crippen LogP contribution in [0.1, 0.15) is 200 Å². The molecule has 0 saturated carbocycles. The summed E-state index contributed by atoms with van der Waals surface area (Å²) in [7, 11) is 0. The SMILES string of the molecule is CCCCCCCC/C=C/CCCCCCC[C@@H](O)COC(=O)C[C@@H]1O[C@H](OC[C@H]2O[C@@H](O[C@@H](CO)COCCC/C=C/CCCCCCCCCCCCC)[C@H](O)[C@@H](O)[C@@H]2O)[C@@H](O)[C@H](O)[C@H]1O. The summed E-state index contributed by atoms with van der Waals surface area (Å²) in [6.45, 7) is 3.62. The Labute approximate surface area is 410 Å². The molecular weight excluding hydrogens is 877 g/mol. The standard InChI is InChI=1S/C53H98O15/c1-3-5-7-9-11-13-15-17-19-21-23-25-27-29-31-33-35-63-39-42(37-54)66-53-51(62)49(60)47(58)44(68-53)40-65-52-50(61)48(59)46(57)43(67-52)36-45(56)64-38-41(55)34-32-30-28-26-24-22-20-18-16-14-12-10-8-6-4-2/h18,20,27,29,41-44,46-55,57-62H,3-17,19,21-26,28,30-40H2,1-2H3/b20-18+,29-27+/t41-,42+,43+,44-,46+,47-,48-,49+,50+,51-,52+,53-/m1/s1. The Morgan fingerprint density at radius 2 is 0.971 bits per heavy atom. The summed E-state index contributed by atoms with van der Waals surface area (Å²) < 4.78 is 33.7. The van der Waals surface area contributed by atoms with Crippen LogP contribution in [0.4, 0.5) is 0 Å². The Kier molecular flexibility index (Phi) is 37.7. The predicted octanol–water partition coefficient (Wildman–Crippen LogP) is 7.38. The van der Waals surface area contributed by atoms with Gasteiger partial charge in [-0.25, -0.2) is 0 Å². The fraction of sp³-hybridized carbons (Fsp3) is 0.906. The molecule has 0 radical (unpaired) electrons. The van der Waals surface area contributed by atoms with Crippen molar-refractivity contribution < 1.29 is 74.1 Å². The zero-order valence-electron chi connectivity index (χ0n) is 42.2. The van der Waals surface area contributed by atoms with E-state index in [9.17, 15) is 45.6 Å². The molecule has 68 heavy (non-hydrogen) atoms. The molecule has 15 nitrogen and oxygen atoms in total. The van der Waals surface area contributed by atoms with Crippen LogP contribution in [0.15, 0.2) is 24.3 Å². The molecule has 2 heterocycles. The van der Waals surface area contributed by atoms with Crippen LogP contribution < -0.4 is 0 Å². The number of allylic oxidation sites excluding steroid dienone is 4. The number of ether oxygens (including phenoxy) is 6. The Morgan fingerprint density at radius 3 is 1.49 bits per heavy atom. The molecule has 0 aliphatic carbocycles. The average molecular weight is 975 g/mol. The smallest absolute Gasteiger partial charge is 0.308 e. The monoisotopic (exact) mass is 975 g/mol. The Morgan fingerprint density at radius 1 is 0.529 bits per heavy atom. The second-order valence-electron chi connectivity index (χ2n) is 19.2. The van der Waals surface area contributed by atoms with Crippen molar-refractivity contribution in [2.75, 3.05) is 33.0 Å². The van der Waals surface area contributed by atoms with Crippen LogP contribution in [-0.4, -0.2) is 153 Å². The van der Waals surface area contributed by atoms with Gasteiger partial charge >= 0.3 is 5.97 Å². The van der Waals surface area contributed by atoms with E-state index in [1.165, 1.54) is 109 Å². The zero-order chi connectivity index (χ0) is 49.6. The molecule has 12 atom stereocenters. The van der Waals surface area contributed by atoms with Crippen LogP contribution in [0.5, 0.6) is 0 Å². The van der Waals surface area contributed by atoms with E-state index >= 15 is 0 Å². The second kappa shape index (κ2) is 41.0. The van der Waals surface area contributed by atoms with E-state index in [-0.39, 0.29) is 13.2 Å². The summed E-state index contributed by atoms with van der Waals surface area (Å²) >= 11 is 0. The highest BCUT2D eigenvalue weighted by atomic mass is 16.7. The van der Waals surface area contributed by atoms with E-state index < -0.39 is 99.2 Å². The summed E-state index contributed by atoms with van der Waals surface area (Å²) in [5, 5.41) is 84.1. The molecule has 2 fully saturated rings. The molecule has 0 unspecified atom stereocenters. The number of aliphatic hydroxyl groups excluding tert-OH is 8. The van der Waals surface area contributed by atoms with Crippen LogP contribution in [0.25, 0.3) is 0 Å². The maximum atomic E-state index is 12.7. The van der Waals surface area contributed by atoms with Gasteiger partial charge in [0, 0.05) is 6.61 Å². The fourth-order valence-electron chi connectivity index (χ4n) is 8.53. The number of carbonyl (C=O) groups is 1. The normalized spacial score (nSPS) is 26.5. The van der Waals surface area contributed by atoms with Crippen molar-refractivity contribution in [2.45, 2.75) is 274 Å². The van der Waals surface area contributed by atoms with Gasteiger partial charge in [-0.2, -0.15) is 0 Å². The minimum absolute atomic E-state index is 0.0195. The molecule has 2 aliphatic heterocycles. The number of hydrogen-bond acceptors (Lipinski definition) is 15. The molecule has 2 rings (SSSR count). The highest BCUT2D eigenvalue weighted by molar-refractivity contribution is 5.70. The van der Waals surface area contributed by atoms with Crippen LogP contribution >= 0.6 is 0 Å². The number of unbranched alkanes of at least 4 members (excludes halogenated alkanes) is 23. The van der Waals surface area contributed by atoms with E-state index in [0.717, 1.165) is 64.2 Å². The molecule has 0 bridgehead atoms. The third-order valence-electron chi connectivity index (χ3n) is 13.0. The highest BCUT2D eigenvalue weighted by Gasteiger charge is 2.48. The van der Waals surface area contributed by atoms with Gasteiger partial charge < -0.3 is 69.3 Å². The van der Waals surface area contributed by atoms with Crippen molar-refractivity contribution in [3.63, 3.8) is 0 Å². The summed E-state index contributed by atoms with van der Waals surface area (Å²) in [5.74, 6) is -0.799. The molecule has 0 amide bonds. The Hall–Kier alpha value is -1.57. The van der Waals surface area contributed by atoms with Gasteiger partial charge in [-0.3, -0.25) is 4.79 Å². The predicted molar refractivity (Wildman–Crippen MR) is 263 cm³/mol. The Balaban J connectivity index is 1.64. The lowest BCUT2D eigenvalue weighted by atomic mass is 9.96. The number of aliphatic hydroxyl groups is 8. The summed E-state index contributed by atoms with van der Waals surface area (Å²) in [4.78, 5) is 12.7. The summed E-state index contributed by atoms with van der Waals surface area (Å²) in [6.07, 6.45) is 23.4. The van der Waals surface area contributed by atoms with Crippen LogP contribution in [0.3, 0.4) is 0 Å². The van der Waals surface area contributed by atoms with E-state index in [1.807, 2.05) is 0 Å². The molecule has 0 aromatic carbocycles. The number of carbonyl (C=O) groups excluding carboxylic acids is 1. The highest BCUT2D eigenvalue weighted by Crippen LogP contribution is 2.28. The van der Waals surface area contributed by atoms with Crippen molar-refractivity contribution >= 4 is 5.97 Å². The fourth-order valence-corrected chi connectivity index (χ4v) is 8.53. The topological polar surface area (TPSA) is 234 Å². The maximum Gasteiger partial charge on any atom is 0.308 e. The quantitative estimate of drug-likeness (QED) is 0.0169. The first-order chi connectivity index (χ1) is 33.0. The third-order valence-corrected chi connectivity index (χ3v) is 13.0. The average Bonchev–Trinajstić information content (AvgIpc) is 3.33. The third kappa shape index (κ3) is 28.5. The largest absolute Gasteiger partial charge is 0.463 e. The van der Waals surface area contributed by atoms with E-state index in [0.29, 0.717) is 13.0 Å². The maximum absolute atomic E-state index is 12.7. The molecule has 0 spiro atoms. The van der Waals surface area contributed by atoms with Crippen molar-refractivity contribution in [2.24, 2.45) is 0 Å². The number of hydrogen-bond donors (Lipinski definition) is 8. The first-order valence-electron chi connectivity index (χ1n) is 27.0. The van der Waals surface area contributed by atoms with Crippen molar-refractivity contribution in [1.82, 2.24) is 0 Å². The van der Waals surface area contributed by atoms with Gasteiger partial charge in [0.25, 0.3) is 0 Å². The first-order valence-corrected chi connectivity index (χ1v) is 27.0. The van der Waals surface area contributed by atoms with Gasteiger partial charge in [0.05, 0.1) is 38.4 Å². The number of rotatable bonds is 43. The van der Waals surface area contributed by atoms with Gasteiger partial charge in [0.1, 0.15) is 55.4 Å². The van der Waals surface area contributed by atoms with E-state index in [1.54, 1.807) is 0 Å². The molecule has 400 valence electrons. The lowest BCUT2D eigenvalue weighted by molar-refractivity contribution is -0.336. The number of esters is 1. The summed E-state index contributed by atoms with van der Waals surface area (Å²) in [6, 6.07) is 0. The Bertz CT molecular complexity index is 1240.